The molecule has 0 aliphatic rings. The molecule has 3 aromatic rings. The molecule has 2 aromatic carbocycles. The first-order valence-electron chi connectivity index (χ1n) is 5.64. The largest absolute Gasteiger partial charge is 0.507 e. The van der Waals surface area contributed by atoms with Crippen LogP contribution in [0.1, 0.15) is 10.6 Å². The Morgan fingerprint density at radius 2 is 1.72 bits per heavy atom. The topological polar surface area (TPSA) is 33.1 Å². The predicted octanol–water partition coefficient (Wildman–Crippen LogP) is 4.35. The third-order valence-electron chi connectivity index (χ3n) is 2.64. The standard InChI is InChI=1S/C15H11NOS/c17-13(11-6-2-1-3-7-11)10-15-16-12-8-4-5-9-14(12)18-15/h1-10,17H. The predicted molar refractivity (Wildman–Crippen MR) is 76.6 cm³/mol. The zero-order chi connectivity index (χ0) is 12.4. The van der Waals surface area contributed by atoms with Gasteiger partial charge in [0.2, 0.25) is 0 Å². The SMILES string of the molecule is OC(=Cc1nc2ccccc2s1)c1ccccc1. The van der Waals surface area contributed by atoms with Crippen LogP contribution < -0.4 is 0 Å². The molecule has 0 saturated carbocycles. The number of aromatic nitrogens is 1. The van der Waals surface area contributed by atoms with E-state index in [0.29, 0.717) is 0 Å². The van der Waals surface area contributed by atoms with Crippen LogP contribution >= 0.6 is 11.3 Å². The molecule has 88 valence electrons. The van der Waals surface area contributed by atoms with Crippen molar-refractivity contribution >= 4 is 33.4 Å². The highest BCUT2D eigenvalue weighted by Crippen LogP contribution is 2.24. The molecule has 0 amide bonds. The summed E-state index contributed by atoms with van der Waals surface area (Å²) in [7, 11) is 0. The van der Waals surface area contributed by atoms with Gasteiger partial charge in [-0.3, -0.25) is 0 Å². The first-order chi connectivity index (χ1) is 8.83. The average Bonchev–Trinajstić information content (AvgIpc) is 2.82. The first-order valence-corrected chi connectivity index (χ1v) is 6.46. The van der Waals surface area contributed by atoms with Gasteiger partial charge in [0.15, 0.2) is 0 Å². The van der Waals surface area contributed by atoms with Crippen molar-refractivity contribution in [2.24, 2.45) is 0 Å². The van der Waals surface area contributed by atoms with E-state index in [9.17, 15) is 5.11 Å². The van der Waals surface area contributed by atoms with Crippen LogP contribution in [0, 0.1) is 0 Å². The number of thiazole rings is 1. The van der Waals surface area contributed by atoms with Crippen LogP contribution in [0.15, 0.2) is 54.6 Å². The summed E-state index contributed by atoms with van der Waals surface area (Å²) in [5.74, 6) is 0.245. The number of para-hydroxylation sites is 1. The number of aliphatic hydroxyl groups excluding tert-OH is 1. The van der Waals surface area contributed by atoms with Gasteiger partial charge in [0.05, 0.1) is 10.2 Å². The van der Waals surface area contributed by atoms with E-state index in [1.165, 1.54) is 0 Å². The van der Waals surface area contributed by atoms with Gasteiger partial charge in [-0.15, -0.1) is 11.3 Å². The van der Waals surface area contributed by atoms with Gasteiger partial charge in [-0.2, -0.15) is 0 Å². The van der Waals surface area contributed by atoms with Crippen molar-refractivity contribution < 1.29 is 5.11 Å². The smallest absolute Gasteiger partial charge is 0.125 e. The molecule has 1 aromatic heterocycles. The summed E-state index contributed by atoms with van der Waals surface area (Å²) >= 11 is 1.57. The lowest BCUT2D eigenvalue weighted by Crippen LogP contribution is -1.81. The molecule has 0 spiro atoms. The number of benzene rings is 2. The molecule has 3 heteroatoms. The van der Waals surface area contributed by atoms with Gasteiger partial charge in [-0.1, -0.05) is 42.5 Å². The van der Waals surface area contributed by atoms with E-state index < -0.39 is 0 Å². The second-order valence-electron chi connectivity index (χ2n) is 3.92. The highest BCUT2D eigenvalue weighted by atomic mass is 32.1. The molecule has 0 fully saturated rings. The fourth-order valence-corrected chi connectivity index (χ4v) is 2.67. The summed E-state index contributed by atoms with van der Waals surface area (Å²) < 4.78 is 1.13. The molecule has 0 aliphatic carbocycles. The summed E-state index contributed by atoms with van der Waals surface area (Å²) in [6, 6.07) is 17.4. The van der Waals surface area contributed by atoms with Crippen LogP contribution in [-0.4, -0.2) is 10.1 Å². The summed E-state index contributed by atoms with van der Waals surface area (Å²) in [6.45, 7) is 0. The molecule has 2 nitrogen and oxygen atoms in total. The van der Waals surface area contributed by atoms with Crippen molar-refractivity contribution in [3.05, 3.63) is 65.2 Å². The van der Waals surface area contributed by atoms with E-state index in [4.69, 9.17) is 0 Å². The van der Waals surface area contributed by atoms with Crippen molar-refractivity contribution in [1.29, 1.82) is 0 Å². The number of rotatable bonds is 2. The number of hydrogen-bond acceptors (Lipinski definition) is 3. The van der Waals surface area contributed by atoms with E-state index in [1.807, 2.05) is 54.6 Å². The van der Waals surface area contributed by atoms with Crippen LogP contribution in [0.4, 0.5) is 0 Å². The lowest BCUT2D eigenvalue weighted by molar-refractivity contribution is 0.515. The van der Waals surface area contributed by atoms with Gasteiger partial charge in [0.1, 0.15) is 10.8 Å². The third-order valence-corrected chi connectivity index (χ3v) is 3.62. The van der Waals surface area contributed by atoms with E-state index in [2.05, 4.69) is 4.98 Å². The van der Waals surface area contributed by atoms with Gasteiger partial charge < -0.3 is 5.11 Å². The van der Waals surface area contributed by atoms with Crippen molar-refractivity contribution in [2.75, 3.05) is 0 Å². The fourth-order valence-electron chi connectivity index (χ4n) is 1.76. The minimum atomic E-state index is 0.245. The molecule has 18 heavy (non-hydrogen) atoms. The molecule has 0 saturated heterocycles. The quantitative estimate of drug-likeness (QED) is 0.689. The van der Waals surface area contributed by atoms with Crippen molar-refractivity contribution in [3.8, 4) is 0 Å². The Balaban J connectivity index is 2.00. The van der Waals surface area contributed by atoms with Crippen molar-refractivity contribution in [2.45, 2.75) is 0 Å². The third kappa shape index (κ3) is 2.13. The minimum Gasteiger partial charge on any atom is -0.507 e. The molecular weight excluding hydrogens is 242 g/mol. The Morgan fingerprint density at radius 1 is 1.00 bits per heavy atom. The van der Waals surface area contributed by atoms with Crippen LogP contribution in [0.25, 0.3) is 22.1 Å². The number of aliphatic hydroxyl groups is 1. The van der Waals surface area contributed by atoms with Crippen LogP contribution in [0.3, 0.4) is 0 Å². The van der Waals surface area contributed by atoms with E-state index in [1.54, 1.807) is 17.4 Å². The molecule has 0 unspecified atom stereocenters. The monoisotopic (exact) mass is 253 g/mol. The second kappa shape index (κ2) is 4.63. The van der Waals surface area contributed by atoms with Gasteiger partial charge in [-0.05, 0) is 12.1 Å². The number of fused-ring (bicyclic) bond motifs is 1. The molecule has 3 rings (SSSR count). The Morgan fingerprint density at radius 3 is 2.50 bits per heavy atom. The summed E-state index contributed by atoms with van der Waals surface area (Å²) in [5.41, 5.74) is 1.77. The fraction of sp³-hybridized carbons (Fsp3) is 0. The number of hydrogen-bond donors (Lipinski definition) is 1. The Kier molecular flexibility index (Phi) is 2.82. The van der Waals surface area contributed by atoms with Crippen LogP contribution in [0.2, 0.25) is 0 Å². The zero-order valence-electron chi connectivity index (χ0n) is 9.58. The van der Waals surface area contributed by atoms with Crippen molar-refractivity contribution in [1.82, 2.24) is 4.98 Å². The molecule has 1 N–H and O–H groups in total. The Hall–Kier alpha value is -2.13. The summed E-state index contributed by atoms with van der Waals surface area (Å²) in [5, 5.41) is 10.8. The molecule has 0 aliphatic heterocycles. The van der Waals surface area contributed by atoms with Gasteiger partial charge in [-0.25, -0.2) is 4.98 Å². The molecule has 1 heterocycles. The van der Waals surface area contributed by atoms with E-state index in [0.717, 1.165) is 20.8 Å². The highest BCUT2D eigenvalue weighted by Gasteiger charge is 2.03. The normalized spacial score (nSPS) is 11.9. The molecular formula is C15H11NOS. The minimum absolute atomic E-state index is 0.245. The zero-order valence-corrected chi connectivity index (χ0v) is 10.4. The summed E-state index contributed by atoms with van der Waals surface area (Å²) in [4.78, 5) is 4.46. The second-order valence-corrected chi connectivity index (χ2v) is 4.98. The summed E-state index contributed by atoms with van der Waals surface area (Å²) in [6.07, 6.45) is 1.71. The average molecular weight is 253 g/mol. The maximum Gasteiger partial charge on any atom is 0.125 e. The first kappa shape index (κ1) is 11.0. The maximum absolute atomic E-state index is 10.0. The molecule has 0 radical (unpaired) electrons. The van der Waals surface area contributed by atoms with Gasteiger partial charge in [0, 0.05) is 11.6 Å². The van der Waals surface area contributed by atoms with E-state index in [-0.39, 0.29) is 5.76 Å². The number of nitrogens with zero attached hydrogens (tertiary/aromatic N) is 1. The Labute approximate surface area is 109 Å². The van der Waals surface area contributed by atoms with Crippen LogP contribution in [-0.2, 0) is 0 Å². The Bertz CT molecular complexity index is 668. The van der Waals surface area contributed by atoms with Gasteiger partial charge >= 0.3 is 0 Å². The highest BCUT2D eigenvalue weighted by molar-refractivity contribution is 7.19. The molecule has 0 atom stereocenters. The van der Waals surface area contributed by atoms with E-state index >= 15 is 0 Å². The van der Waals surface area contributed by atoms with Gasteiger partial charge in [0.25, 0.3) is 0 Å². The lowest BCUT2D eigenvalue weighted by Gasteiger charge is -1.97. The van der Waals surface area contributed by atoms with Crippen molar-refractivity contribution in [3.63, 3.8) is 0 Å². The molecule has 0 bridgehead atoms. The van der Waals surface area contributed by atoms with Crippen LogP contribution in [0.5, 0.6) is 0 Å². The maximum atomic E-state index is 10.0. The lowest BCUT2D eigenvalue weighted by atomic mass is 10.2.